The van der Waals surface area contributed by atoms with Crippen molar-refractivity contribution in [2.45, 2.75) is 0 Å². The molecule has 0 saturated carbocycles. The summed E-state index contributed by atoms with van der Waals surface area (Å²) in [5.74, 6) is 0.860. The van der Waals surface area contributed by atoms with Crippen molar-refractivity contribution in [3.05, 3.63) is 237 Å². The molecule has 0 radical (unpaired) electrons. The minimum absolute atomic E-state index is 0.860. The number of fused-ring (bicyclic) bond motifs is 3. The Labute approximate surface area is 349 Å². The average molecular weight is 766 g/mol. The van der Waals surface area contributed by atoms with Gasteiger partial charge >= 0.3 is 0 Å². The van der Waals surface area contributed by atoms with Crippen molar-refractivity contribution in [3.63, 3.8) is 0 Å². The predicted octanol–water partition coefficient (Wildman–Crippen LogP) is 16.5. The highest BCUT2D eigenvalue weighted by Crippen LogP contribution is 2.41. The van der Waals surface area contributed by atoms with Gasteiger partial charge in [-0.05, 0) is 133 Å². The van der Waals surface area contributed by atoms with Gasteiger partial charge < -0.3 is 9.32 Å². The fourth-order valence-corrected chi connectivity index (χ4v) is 8.51. The van der Waals surface area contributed by atoms with E-state index in [1.807, 2.05) is 12.1 Å². The van der Waals surface area contributed by atoms with Gasteiger partial charge in [0.05, 0.1) is 0 Å². The first kappa shape index (κ1) is 35.2. The first-order valence-electron chi connectivity index (χ1n) is 20.5. The van der Waals surface area contributed by atoms with Crippen molar-refractivity contribution in [2.75, 3.05) is 4.90 Å². The molecule has 0 N–H and O–H groups in total. The molecule has 1 aromatic heterocycles. The smallest absolute Gasteiger partial charge is 0.136 e. The number of hydrogen-bond acceptors (Lipinski definition) is 2. The molecule has 1 heterocycles. The highest BCUT2D eigenvalue weighted by molar-refractivity contribution is 5.92. The molecule has 2 heteroatoms. The Morgan fingerprint density at radius 2 is 0.667 bits per heavy atom. The fourth-order valence-electron chi connectivity index (χ4n) is 8.51. The molecular weight excluding hydrogens is 727 g/mol. The minimum Gasteiger partial charge on any atom is -0.456 e. The number of furan rings is 1. The molecule has 0 aliphatic heterocycles. The van der Waals surface area contributed by atoms with Crippen molar-refractivity contribution in [1.82, 2.24) is 0 Å². The topological polar surface area (TPSA) is 16.4 Å². The summed E-state index contributed by atoms with van der Waals surface area (Å²) in [6, 6.07) is 84.9. The molecule has 0 saturated heterocycles. The third-order valence-electron chi connectivity index (χ3n) is 11.7. The monoisotopic (exact) mass is 765 g/mol. The summed E-state index contributed by atoms with van der Waals surface area (Å²) in [5, 5.41) is 6.07. The summed E-state index contributed by atoms with van der Waals surface area (Å²) in [6.45, 7) is 0. The molecule has 0 bridgehead atoms. The third-order valence-corrected chi connectivity index (χ3v) is 11.7. The van der Waals surface area contributed by atoms with Crippen LogP contribution in [0.3, 0.4) is 0 Å². The van der Waals surface area contributed by atoms with E-state index in [0.717, 1.165) is 61.6 Å². The lowest BCUT2D eigenvalue weighted by Gasteiger charge is -2.26. The highest BCUT2D eigenvalue weighted by Gasteiger charge is 2.17. The van der Waals surface area contributed by atoms with E-state index in [9.17, 15) is 0 Å². The molecule has 0 aliphatic rings. The van der Waals surface area contributed by atoms with Crippen LogP contribution in [-0.4, -0.2) is 0 Å². The lowest BCUT2D eigenvalue weighted by Crippen LogP contribution is -2.09. The van der Waals surface area contributed by atoms with Gasteiger partial charge in [0.1, 0.15) is 11.3 Å². The van der Waals surface area contributed by atoms with Crippen molar-refractivity contribution >= 4 is 49.6 Å². The maximum Gasteiger partial charge on any atom is 0.136 e. The zero-order chi connectivity index (χ0) is 39.8. The Hall–Kier alpha value is -7.94. The summed E-state index contributed by atoms with van der Waals surface area (Å²) in [6.07, 6.45) is 0. The Balaban J connectivity index is 0.970. The normalized spacial score (nSPS) is 11.3. The Kier molecular flexibility index (Phi) is 8.87. The van der Waals surface area contributed by atoms with Crippen molar-refractivity contribution in [2.24, 2.45) is 0 Å². The summed E-state index contributed by atoms with van der Waals surface area (Å²) in [4.78, 5) is 2.34. The zero-order valence-corrected chi connectivity index (χ0v) is 32.9. The molecule has 2 nitrogen and oxygen atoms in total. The molecule has 0 atom stereocenters. The Morgan fingerprint density at radius 1 is 0.250 bits per heavy atom. The molecule has 11 rings (SSSR count). The van der Waals surface area contributed by atoms with Crippen LogP contribution < -0.4 is 4.90 Å². The number of hydrogen-bond donors (Lipinski definition) is 0. The number of para-hydroxylation sites is 1. The van der Waals surface area contributed by atoms with Crippen molar-refractivity contribution < 1.29 is 4.42 Å². The van der Waals surface area contributed by atoms with E-state index in [4.69, 9.17) is 4.42 Å². The maximum absolute atomic E-state index is 6.46. The summed E-state index contributed by atoms with van der Waals surface area (Å²) >= 11 is 0. The molecule has 11 aromatic rings. The van der Waals surface area contributed by atoms with E-state index in [1.54, 1.807) is 0 Å². The van der Waals surface area contributed by atoms with Gasteiger partial charge in [-0.25, -0.2) is 0 Å². The van der Waals surface area contributed by atoms with E-state index < -0.39 is 0 Å². The van der Waals surface area contributed by atoms with Crippen LogP contribution in [0, 0.1) is 0 Å². The molecule has 10 aromatic carbocycles. The minimum atomic E-state index is 0.860. The Morgan fingerprint density at radius 3 is 1.18 bits per heavy atom. The van der Waals surface area contributed by atoms with Crippen LogP contribution in [0.15, 0.2) is 241 Å². The molecule has 282 valence electrons. The molecule has 60 heavy (non-hydrogen) atoms. The van der Waals surface area contributed by atoms with Gasteiger partial charge in [-0.15, -0.1) is 0 Å². The van der Waals surface area contributed by atoms with Crippen LogP contribution in [-0.2, 0) is 0 Å². The van der Waals surface area contributed by atoms with Crippen LogP contribution in [0.1, 0.15) is 0 Å². The molecule has 0 spiro atoms. The third kappa shape index (κ3) is 6.70. The van der Waals surface area contributed by atoms with Gasteiger partial charge in [0, 0.05) is 28.0 Å². The number of rotatable bonds is 8. The zero-order valence-electron chi connectivity index (χ0n) is 32.9. The second-order valence-corrected chi connectivity index (χ2v) is 15.4. The Bertz CT molecular complexity index is 3130. The molecular formula is C58H39NO. The SMILES string of the molecule is c1ccc(-c2ccc(-c3ccc(N(c4ccc(-c5ccc6ccccc6c5)cc4)c4ccc(-c5ccc6ccccc6c5)cc4)cc3)cc2-c2cc3ccccc3o2)cc1. The van der Waals surface area contributed by atoms with Crippen LogP contribution in [0.25, 0.3) is 88.3 Å². The van der Waals surface area contributed by atoms with E-state index in [0.29, 0.717) is 0 Å². The first-order valence-corrected chi connectivity index (χ1v) is 20.5. The van der Waals surface area contributed by atoms with Gasteiger partial charge in [0.15, 0.2) is 0 Å². The first-order chi connectivity index (χ1) is 29.7. The largest absolute Gasteiger partial charge is 0.456 e. The molecule has 0 aliphatic carbocycles. The second-order valence-electron chi connectivity index (χ2n) is 15.4. The van der Waals surface area contributed by atoms with Gasteiger partial charge in [-0.3, -0.25) is 0 Å². The summed E-state index contributed by atoms with van der Waals surface area (Å²) in [5.41, 5.74) is 14.5. The van der Waals surface area contributed by atoms with Crippen LogP contribution >= 0.6 is 0 Å². The van der Waals surface area contributed by atoms with E-state index in [-0.39, 0.29) is 0 Å². The van der Waals surface area contributed by atoms with E-state index in [2.05, 4.69) is 229 Å². The average Bonchev–Trinajstić information content (AvgIpc) is 3.77. The van der Waals surface area contributed by atoms with Gasteiger partial charge in [0.2, 0.25) is 0 Å². The summed E-state index contributed by atoms with van der Waals surface area (Å²) < 4.78 is 6.46. The van der Waals surface area contributed by atoms with Crippen molar-refractivity contribution in [1.29, 1.82) is 0 Å². The number of anilines is 3. The van der Waals surface area contributed by atoms with E-state index >= 15 is 0 Å². The van der Waals surface area contributed by atoms with Crippen molar-refractivity contribution in [3.8, 4) is 55.8 Å². The van der Waals surface area contributed by atoms with Crippen LogP contribution in [0.5, 0.6) is 0 Å². The number of nitrogens with zero attached hydrogens (tertiary/aromatic N) is 1. The fraction of sp³-hybridized carbons (Fsp3) is 0. The second kappa shape index (κ2) is 15.1. The predicted molar refractivity (Wildman–Crippen MR) is 253 cm³/mol. The maximum atomic E-state index is 6.46. The van der Waals surface area contributed by atoms with Gasteiger partial charge in [0.25, 0.3) is 0 Å². The van der Waals surface area contributed by atoms with Gasteiger partial charge in [-0.2, -0.15) is 0 Å². The number of benzene rings is 10. The van der Waals surface area contributed by atoms with Gasteiger partial charge in [-0.1, -0.05) is 170 Å². The van der Waals surface area contributed by atoms with Crippen LogP contribution in [0.4, 0.5) is 17.1 Å². The quantitative estimate of drug-likeness (QED) is 0.153. The lowest BCUT2D eigenvalue weighted by atomic mass is 9.93. The molecule has 0 unspecified atom stereocenters. The van der Waals surface area contributed by atoms with Crippen LogP contribution in [0.2, 0.25) is 0 Å². The molecule has 0 fully saturated rings. The lowest BCUT2D eigenvalue weighted by molar-refractivity contribution is 0.632. The standard InChI is InChI=1S/C58H39NO/c1-2-12-45(13-3-1)55-35-28-50(38-56(55)58-39-51-16-8-9-17-57(51)60-58)44-26-33-54(34-27-44)59(52-29-22-42(23-30-52)48-20-18-40-10-4-6-14-46(40)36-48)53-31-24-43(25-32-53)49-21-19-41-11-5-7-15-47(41)37-49/h1-39H. The highest BCUT2D eigenvalue weighted by atomic mass is 16.3. The molecule has 0 amide bonds. The summed E-state index contributed by atoms with van der Waals surface area (Å²) in [7, 11) is 0. The van der Waals surface area contributed by atoms with E-state index in [1.165, 1.54) is 43.8 Å².